The summed E-state index contributed by atoms with van der Waals surface area (Å²) in [5.41, 5.74) is 1.38. The first-order chi connectivity index (χ1) is 17.5. The summed E-state index contributed by atoms with van der Waals surface area (Å²) in [6, 6.07) is 10.1. The van der Waals surface area contributed by atoms with Crippen LogP contribution in [0.4, 0.5) is 0 Å². The molecule has 198 valence electrons. The minimum atomic E-state index is -1.22. The summed E-state index contributed by atoms with van der Waals surface area (Å²) >= 11 is 0. The number of benzene rings is 2. The molecule has 0 spiro atoms. The van der Waals surface area contributed by atoms with Crippen LogP contribution in [0.5, 0.6) is 23.0 Å². The first-order valence-electron chi connectivity index (χ1n) is 11.7. The Morgan fingerprint density at radius 2 is 1.72 bits per heavy atom. The Morgan fingerprint density at radius 3 is 2.44 bits per heavy atom. The number of aliphatic hydroxyl groups is 4. The van der Waals surface area contributed by atoms with Crippen molar-refractivity contribution < 1.29 is 53.9 Å². The molecule has 36 heavy (non-hydrogen) atoms. The Hall–Kier alpha value is -2.64. The molecule has 2 aliphatic rings. The second-order valence-corrected chi connectivity index (χ2v) is 8.52. The molecule has 0 radical (unpaired) electrons. The van der Waals surface area contributed by atoms with E-state index in [9.17, 15) is 15.3 Å². The lowest BCUT2D eigenvalue weighted by Gasteiger charge is -2.30. The Kier molecular flexibility index (Phi) is 8.86. The Morgan fingerprint density at radius 1 is 0.972 bits per heavy atom. The van der Waals surface area contributed by atoms with Gasteiger partial charge in [-0.05, 0) is 48.2 Å². The van der Waals surface area contributed by atoms with E-state index in [2.05, 4.69) is 0 Å². The van der Waals surface area contributed by atoms with Crippen LogP contribution >= 0.6 is 0 Å². The monoisotopic (exact) mass is 508 g/mol. The molecule has 11 heteroatoms. The fraction of sp³-hybridized carbons (Fsp3) is 0.520. The SMILES string of the molecule is COc1cc(CCCO)ccc1OC(CO)C(O)c1ccc(OC2OC3CC(OO3)C2O)c(OC)c1. The van der Waals surface area contributed by atoms with Gasteiger partial charge in [-0.25, -0.2) is 9.78 Å². The quantitative estimate of drug-likeness (QED) is 0.307. The van der Waals surface area contributed by atoms with Gasteiger partial charge in [-0.1, -0.05) is 12.1 Å². The van der Waals surface area contributed by atoms with Crippen molar-refractivity contribution in [1.29, 1.82) is 0 Å². The molecule has 0 aliphatic carbocycles. The van der Waals surface area contributed by atoms with Crippen LogP contribution in [0.15, 0.2) is 36.4 Å². The second kappa shape index (κ2) is 12.1. The Balaban J connectivity index is 1.47. The fourth-order valence-corrected chi connectivity index (χ4v) is 4.10. The number of aryl methyl sites for hydroxylation is 1. The maximum absolute atomic E-state index is 11.0. The van der Waals surface area contributed by atoms with Gasteiger partial charge in [0.05, 0.1) is 20.8 Å². The summed E-state index contributed by atoms with van der Waals surface area (Å²) < 4.78 is 28.1. The molecule has 2 aromatic rings. The molecular weight excluding hydrogens is 476 g/mol. The van der Waals surface area contributed by atoms with Gasteiger partial charge in [-0.3, -0.25) is 0 Å². The molecule has 4 rings (SSSR count). The van der Waals surface area contributed by atoms with Crippen molar-refractivity contribution in [2.75, 3.05) is 27.4 Å². The predicted octanol–water partition coefficient (Wildman–Crippen LogP) is 1.24. The second-order valence-electron chi connectivity index (χ2n) is 8.52. The topological polar surface area (TPSA) is 146 Å². The van der Waals surface area contributed by atoms with E-state index in [1.54, 1.807) is 30.3 Å². The van der Waals surface area contributed by atoms with Crippen molar-refractivity contribution in [3.63, 3.8) is 0 Å². The van der Waals surface area contributed by atoms with Crippen molar-refractivity contribution in [2.45, 2.75) is 56.3 Å². The third-order valence-corrected chi connectivity index (χ3v) is 6.09. The Labute approximate surface area is 208 Å². The van der Waals surface area contributed by atoms with Gasteiger partial charge < -0.3 is 44.1 Å². The lowest BCUT2D eigenvalue weighted by molar-refractivity contribution is -0.335. The average Bonchev–Trinajstić information content (AvgIpc) is 3.32. The van der Waals surface area contributed by atoms with Crippen LogP contribution in [0.2, 0.25) is 0 Å². The van der Waals surface area contributed by atoms with E-state index in [1.807, 2.05) is 6.07 Å². The van der Waals surface area contributed by atoms with Gasteiger partial charge >= 0.3 is 0 Å². The van der Waals surface area contributed by atoms with Crippen molar-refractivity contribution >= 4 is 0 Å². The van der Waals surface area contributed by atoms with E-state index in [4.69, 9.17) is 38.6 Å². The molecule has 4 N–H and O–H groups in total. The molecule has 6 unspecified atom stereocenters. The summed E-state index contributed by atoms with van der Waals surface area (Å²) in [5.74, 6) is 1.37. The summed E-state index contributed by atoms with van der Waals surface area (Å²) in [5, 5.41) is 40.4. The number of hydrogen-bond donors (Lipinski definition) is 4. The molecule has 0 amide bonds. The maximum atomic E-state index is 11.0. The fourth-order valence-electron chi connectivity index (χ4n) is 4.10. The molecule has 2 aromatic carbocycles. The number of fused-ring (bicyclic) bond motifs is 2. The highest BCUT2D eigenvalue weighted by Crippen LogP contribution is 2.37. The van der Waals surface area contributed by atoms with E-state index in [0.29, 0.717) is 36.3 Å². The lowest BCUT2D eigenvalue weighted by atomic mass is 10.0. The van der Waals surface area contributed by atoms with E-state index in [1.165, 1.54) is 14.2 Å². The smallest absolute Gasteiger partial charge is 0.231 e. The van der Waals surface area contributed by atoms with Gasteiger partial charge in [0, 0.05) is 13.0 Å². The highest BCUT2D eigenvalue weighted by molar-refractivity contribution is 5.45. The molecule has 0 saturated carbocycles. The summed E-state index contributed by atoms with van der Waals surface area (Å²) in [7, 11) is 2.94. The number of aliphatic hydroxyl groups excluding tert-OH is 4. The zero-order chi connectivity index (χ0) is 25.7. The predicted molar refractivity (Wildman–Crippen MR) is 124 cm³/mol. The number of rotatable bonds is 12. The van der Waals surface area contributed by atoms with Crippen LogP contribution < -0.4 is 18.9 Å². The largest absolute Gasteiger partial charge is 0.493 e. The highest BCUT2D eigenvalue weighted by atomic mass is 17.2. The van der Waals surface area contributed by atoms with Gasteiger partial charge in [0.25, 0.3) is 0 Å². The number of ether oxygens (including phenoxy) is 5. The number of methoxy groups -OCH3 is 2. The minimum Gasteiger partial charge on any atom is -0.493 e. The third-order valence-electron chi connectivity index (χ3n) is 6.09. The summed E-state index contributed by atoms with van der Waals surface area (Å²) in [6.07, 6.45) is -3.78. The van der Waals surface area contributed by atoms with Gasteiger partial charge in [0.2, 0.25) is 6.29 Å². The normalized spacial score (nSPS) is 24.7. The van der Waals surface area contributed by atoms with Gasteiger partial charge in [0.15, 0.2) is 35.4 Å². The Bertz CT molecular complexity index is 1000. The molecule has 0 aromatic heterocycles. The van der Waals surface area contributed by atoms with E-state index in [-0.39, 0.29) is 18.1 Å². The summed E-state index contributed by atoms with van der Waals surface area (Å²) in [4.78, 5) is 9.98. The van der Waals surface area contributed by atoms with Crippen LogP contribution in [0.3, 0.4) is 0 Å². The van der Waals surface area contributed by atoms with Crippen molar-refractivity contribution in [1.82, 2.24) is 0 Å². The zero-order valence-corrected chi connectivity index (χ0v) is 20.1. The molecule has 2 aliphatic heterocycles. The molecule has 2 fully saturated rings. The number of hydrogen-bond acceptors (Lipinski definition) is 11. The lowest BCUT2D eigenvalue weighted by Crippen LogP contribution is -2.47. The maximum Gasteiger partial charge on any atom is 0.231 e. The highest BCUT2D eigenvalue weighted by Gasteiger charge is 2.46. The first kappa shape index (κ1) is 26.4. The molecule has 2 saturated heterocycles. The zero-order valence-electron chi connectivity index (χ0n) is 20.1. The van der Waals surface area contributed by atoms with E-state index >= 15 is 0 Å². The van der Waals surface area contributed by atoms with Crippen LogP contribution in [0.1, 0.15) is 30.1 Å². The summed E-state index contributed by atoms with van der Waals surface area (Å²) in [6.45, 7) is -0.382. The van der Waals surface area contributed by atoms with Crippen molar-refractivity contribution in [3.05, 3.63) is 47.5 Å². The molecule has 2 heterocycles. The van der Waals surface area contributed by atoms with Gasteiger partial charge in [-0.2, -0.15) is 0 Å². The van der Waals surface area contributed by atoms with Crippen LogP contribution in [-0.4, -0.2) is 78.8 Å². The van der Waals surface area contributed by atoms with E-state index in [0.717, 1.165) is 5.56 Å². The standard InChI is InChI=1S/C25H32O11/c1-30-18-10-14(4-3-9-26)5-7-16(18)32-21(13-27)23(28)15-6-8-17(19(11-15)31-2)33-25-24(29)20-12-22(34-25)36-35-20/h5-8,10-11,20-29H,3-4,9,12-13H2,1-2H3. The van der Waals surface area contributed by atoms with Gasteiger partial charge in [0.1, 0.15) is 18.3 Å². The van der Waals surface area contributed by atoms with Crippen LogP contribution in [0, 0.1) is 0 Å². The minimum absolute atomic E-state index is 0.0881. The average molecular weight is 509 g/mol. The van der Waals surface area contributed by atoms with Crippen molar-refractivity contribution in [3.8, 4) is 23.0 Å². The van der Waals surface area contributed by atoms with Crippen LogP contribution in [-0.2, 0) is 20.9 Å². The van der Waals surface area contributed by atoms with E-state index < -0.39 is 43.6 Å². The van der Waals surface area contributed by atoms with Crippen molar-refractivity contribution in [2.24, 2.45) is 0 Å². The van der Waals surface area contributed by atoms with Gasteiger partial charge in [-0.15, -0.1) is 0 Å². The molecule has 11 nitrogen and oxygen atoms in total. The molecule has 6 atom stereocenters. The van der Waals surface area contributed by atoms with Crippen LogP contribution in [0.25, 0.3) is 0 Å². The first-order valence-corrected chi connectivity index (χ1v) is 11.7. The third kappa shape index (κ3) is 5.84. The molecular formula is C25H32O11. The molecule has 2 bridgehead atoms.